The number of aromatic nitrogens is 4. The molecule has 0 unspecified atom stereocenters. The monoisotopic (exact) mass is 1900 g/mol. The van der Waals surface area contributed by atoms with Crippen molar-refractivity contribution in [1.82, 2.24) is 43.2 Å². The standard InChI is InChI=1S/C23H25FN2O4S.C18H17FN2O2S.C16H19FN2O2.C11H11FN2.C10H17NO3.C10H18O5.C6H7FN2.CH4.2ClH/c1-15-8-10-16(11-9-15)31(28,29)26-20-14-25(22(27)30-23(2,3)4)13-12-17(20)18-6-5-7-19(24)21(18)26;1-12-5-7-13(8-6-12)24(22,23)21-17-11-20-10-9-14(17)15-3-2-4-16(19)18(15)21;1-16(2,3)21-15(20)19-8-7-10-11-5-4-6-12(17)14(11)18-13(10)9-19;12-9-3-1-2-8-7-4-5-13-6-10(7)14-11(8)9;1-10(2,3)14-9(13)11-6-4-5-8(12)7-11;1-9(2,3)14-7(11)13-8(12)15-10(4,5)6;7-5-3-1-2-4-6(5)9-8;;;/h5-11H,12-14H2,1-4H3;2-8,20H,9-11H2,1H3;4-6,18H,7-9H2,1-3H3;1-3,13-14H,4-6H2;4-7H2,1-3H3;1-6H3;1-4,9H,8H2;1H4;2*1H. The highest BCUT2D eigenvalue weighted by molar-refractivity contribution is 7.90. The number of nitrogens with two attached hydrogens (primary N) is 1. The summed E-state index contributed by atoms with van der Waals surface area (Å²) in [5.41, 5.74) is 9.77. The molecular formula is C95H120Cl2F5N11O16S2. The summed E-state index contributed by atoms with van der Waals surface area (Å²) in [6, 6.07) is 38.9. The number of hydrogen-bond acceptors (Lipinski definition) is 20. The molecule has 36 heteroatoms. The molecule has 0 saturated carbocycles. The fraction of sp³-hybridized carbons (Fsp3) is 0.411. The Morgan fingerprint density at radius 3 is 1.20 bits per heavy atom. The second-order valence-corrected chi connectivity index (χ2v) is 39.7. The minimum atomic E-state index is -4.09. The third kappa shape index (κ3) is 27.9. The van der Waals surface area contributed by atoms with Crippen LogP contribution in [0.15, 0.2) is 155 Å². The van der Waals surface area contributed by atoms with Crippen LogP contribution in [0.5, 0.6) is 0 Å². The number of para-hydroxylation sites is 5. The van der Waals surface area contributed by atoms with Gasteiger partial charge in [-0.2, -0.15) is 0 Å². The van der Waals surface area contributed by atoms with Gasteiger partial charge in [0.05, 0.1) is 57.5 Å². The quantitative estimate of drug-likeness (QED) is 0.0233. The number of H-pyrrole nitrogens is 2. The van der Waals surface area contributed by atoms with E-state index in [1.54, 1.807) is 158 Å². The second kappa shape index (κ2) is 44.3. The second-order valence-electron chi connectivity index (χ2n) is 36.1. The van der Waals surface area contributed by atoms with Crippen LogP contribution in [0.2, 0.25) is 0 Å². The maximum absolute atomic E-state index is 14.9. The first kappa shape index (κ1) is 107. The Bertz CT molecular complexity index is 6110. The zero-order valence-electron chi connectivity index (χ0n) is 76.0. The van der Waals surface area contributed by atoms with Crippen molar-refractivity contribution in [3.8, 4) is 0 Å². The SMILES string of the molecule is C.CC(C)(C)OC(=O)N1CCCC(=O)C1.CC(C)(C)OC(=O)N1CCc2c([nH]c3c(F)cccc23)C1.CC(C)(C)OC(=O)OC(=O)OC(C)(C)C.Cc1ccc(S(=O)(=O)n2c3c(c4cccc(F)c42)CCN(C(=O)OC(C)(C)C)C3)cc1.Cc1ccc(S(=O)(=O)n2c3c(c4cccc(F)c42)CCNC3)cc1.Cl.Cl.Fc1cccc2c3c([nH]c12)CNCC3.NNc1ccccc1F. The molecule has 0 atom stereocenters. The van der Waals surface area contributed by atoms with Crippen molar-refractivity contribution in [2.45, 2.75) is 228 Å². The number of hydrazine groups is 1. The van der Waals surface area contributed by atoms with Gasteiger partial charge in [0.25, 0.3) is 20.0 Å². The van der Waals surface area contributed by atoms with Crippen molar-refractivity contribution in [1.29, 1.82) is 0 Å². The fourth-order valence-electron chi connectivity index (χ4n) is 14.6. The van der Waals surface area contributed by atoms with Crippen LogP contribution in [-0.2, 0) is 105 Å². The molecule has 0 bridgehead atoms. The van der Waals surface area contributed by atoms with Crippen molar-refractivity contribution < 1.29 is 96.0 Å². The van der Waals surface area contributed by atoms with Crippen LogP contribution < -0.4 is 21.9 Å². The highest BCUT2D eigenvalue weighted by atomic mass is 35.5. The van der Waals surface area contributed by atoms with Crippen molar-refractivity contribution in [2.75, 3.05) is 44.7 Å². The molecule has 7 aromatic carbocycles. The first-order chi connectivity index (χ1) is 59.9. The number of ether oxygens (including phenoxy) is 6. The van der Waals surface area contributed by atoms with Gasteiger partial charge in [-0.15, -0.1) is 24.8 Å². The van der Waals surface area contributed by atoms with Gasteiger partial charge in [-0.25, -0.2) is 70.7 Å². The molecule has 7 N–H and O–H groups in total. The molecule has 4 aromatic heterocycles. The summed E-state index contributed by atoms with van der Waals surface area (Å²) in [5, 5.41) is 9.64. The number of benzene rings is 7. The molecule has 1 fully saturated rings. The van der Waals surface area contributed by atoms with E-state index in [-0.39, 0.29) is 102 Å². The average Bonchev–Trinajstić information content (AvgIpc) is 1.57. The average molecular weight is 1900 g/mol. The van der Waals surface area contributed by atoms with E-state index in [0.29, 0.717) is 97.3 Å². The van der Waals surface area contributed by atoms with E-state index in [4.69, 9.17) is 29.5 Å². The normalized spacial score (nSPS) is 14.2. The molecule has 712 valence electrons. The summed E-state index contributed by atoms with van der Waals surface area (Å²) in [6.45, 7) is 35.3. The third-order valence-electron chi connectivity index (χ3n) is 20.1. The van der Waals surface area contributed by atoms with E-state index in [9.17, 15) is 67.6 Å². The van der Waals surface area contributed by atoms with Crippen LogP contribution in [0, 0.1) is 42.9 Å². The first-order valence-electron chi connectivity index (χ1n) is 42.0. The van der Waals surface area contributed by atoms with Gasteiger partial charge in [0.15, 0.2) is 5.78 Å². The number of nitrogen functional groups attached to an aromatic ring is 1. The number of carbonyl (C=O) groups excluding carboxylic acids is 6. The van der Waals surface area contributed by atoms with E-state index in [1.165, 1.54) is 61.8 Å². The van der Waals surface area contributed by atoms with E-state index < -0.39 is 78.1 Å². The van der Waals surface area contributed by atoms with Crippen LogP contribution in [0.1, 0.15) is 180 Å². The zero-order valence-corrected chi connectivity index (χ0v) is 79.3. The highest BCUT2D eigenvalue weighted by Gasteiger charge is 2.37. The maximum atomic E-state index is 14.9. The van der Waals surface area contributed by atoms with E-state index in [1.807, 2.05) is 67.5 Å². The highest BCUT2D eigenvalue weighted by Crippen LogP contribution is 2.39. The summed E-state index contributed by atoms with van der Waals surface area (Å²) >= 11 is 0. The Balaban J connectivity index is 0.000000214. The molecule has 5 aliphatic rings. The van der Waals surface area contributed by atoms with Gasteiger partial charge in [-0.05, 0) is 246 Å². The van der Waals surface area contributed by atoms with Crippen LogP contribution >= 0.6 is 24.8 Å². The molecule has 0 aliphatic carbocycles. The molecule has 9 heterocycles. The number of nitrogens with one attached hydrogen (secondary N) is 5. The zero-order chi connectivity index (χ0) is 93.9. The minimum absolute atomic E-state index is 0. The number of aromatic amines is 2. The first-order valence-corrected chi connectivity index (χ1v) is 44.8. The topological polar surface area (TPSA) is 339 Å². The number of aryl methyl sites for hydroxylation is 2. The lowest BCUT2D eigenvalue weighted by Crippen LogP contribution is -2.43. The third-order valence-corrected chi connectivity index (χ3v) is 23.6. The Hall–Kier alpha value is -11.3. The van der Waals surface area contributed by atoms with E-state index in [0.717, 1.165) is 86.4 Å². The molecule has 16 rings (SSSR count). The number of piperidine rings is 1. The Labute approximate surface area is 774 Å². The van der Waals surface area contributed by atoms with Gasteiger partial charge >= 0.3 is 30.6 Å². The number of fused-ring (bicyclic) bond motifs is 12. The van der Waals surface area contributed by atoms with Gasteiger partial charge < -0.3 is 69.1 Å². The Kier molecular flexibility index (Phi) is 36.1. The Morgan fingerprint density at radius 2 is 0.771 bits per heavy atom. The molecule has 27 nitrogen and oxygen atoms in total. The largest absolute Gasteiger partial charge is 0.519 e. The minimum Gasteiger partial charge on any atom is -0.444 e. The lowest BCUT2D eigenvalue weighted by atomic mass is 10.0. The van der Waals surface area contributed by atoms with Gasteiger partial charge in [0, 0.05) is 72.1 Å². The number of amides is 3. The summed E-state index contributed by atoms with van der Waals surface area (Å²) in [6.07, 6.45) is 0.764. The number of nitrogens with zero attached hydrogens (tertiary/aromatic N) is 5. The summed E-state index contributed by atoms with van der Waals surface area (Å²) in [7, 11) is -7.96. The predicted octanol–water partition coefficient (Wildman–Crippen LogP) is 20.2. The number of likely N-dealkylation sites (tertiary alicyclic amines) is 1. The number of hydrogen-bond donors (Lipinski definition) is 6. The van der Waals surface area contributed by atoms with Crippen molar-refractivity contribution in [3.63, 3.8) is 0 Å². The summed E-state index contributed by atoms with van der Waals surface area (Å²) in [5.74, 6) is 3.19. The van der Waals surface area contributed by atoms with Gasteiger partial charge in [-0.3, -0.25) is 10.6 Å². The number of anilines is 1. The van der Waals surface area contributed by atoms with Crippen LogP contribution in [0.3, 0.4) is 0 Å². The van der Waals surface area contributed by atoms with Crippen molar-refractivity contribution >= 4 is 131 Å². The molecule has 1 saturated heterocycles. The van der Waals surface area contributed by atoms with E-state index >= 15 is 0 Å². The van der Waals surface area contributed by atoms with Gasteiger partial charge in [0.2, 0.25) is 0 Å². The fourth-order valence-corrected chi connectivity index (χ4v) is 17.8. The smallest absolute Gasteiger partial charge is 0.444 e. The summed E-state index contributed by atoms with van der Waals surface area (Å²) in [4.78, 5) is 80.5. The van der Waals surface area contributed by atoms with Gasteiger partial charge in [0.1, 0.15) is 68.1 Å². The van der Waals surface area contributed by atoms with Crippen LogP contribution in [0.4, 0.5) is 51.6 Å². The van der Waals surface area contributed by atoms with E-state index in [2.05, 4.69) is 30.8 Å². The Morgan fingerprint density at radius 1 is 0.405 bits per heavy atom. The van der Waals surface area contributed by atoms with Crippen LogP contribution in [0.25, 0.3) is 43.6 Å². The van der Waals surface area contributed by atoms with Gasteiger partial charge in [-0.1, -0.05) is 103 Å². The van der Waals surface area contributed by atoms with Crippen molar-refractivity contribution in [3.05, 3.63) is 231 Å². The molecule has 0 spiro atoms. The number of Topliss-reactive ketones (excluding diaryl/α,β-unsaturated/α-hetero) is 1. The lowest BCUT2D eigenvalue weighted by Gasteiger charge is -2.30. The number of rotatable bonds is 5. The molecule has 0 radical (unpaired) electrons. The number of ketones is 1. The number of halogens is 7. The lowest BCUT2D eigenvalue weighted by molar-refractivity contribution is -0.122. The predicted molar refractivity (Wildman–Crippen MR) is 500 cm³/mol. The molecule has 11 aromatic rings. The molecule has 131 heavy (non-hydrogen) atoms. The van der Waals surface area contributed by atoms with Crippen LogP contribution in [-0.4, -0.2) is 153 Å². The molecular weight excluding hydrogens is 1780 g/mol. The van der Waals surface area contributed by atoms with Crippen molar-refractivity contribution in [2.24, 2.45) is 5.84 Å². The molecule has 5 aliphatic heterocycles. The summed E-state index contributed by atoms with van der Waals surface area (Å²) < 4.78 is 155. The maximum Gasteiger partial charge on any atom is 0.519 e. The number of carbonyl (C=O) groups is 6. The molecule has 3 amide bonds.